The fourth-order valence-corrected chi connectivity index (χ4v) is 1.27. The second kappa shape index (κ2) is 4.77. The van der Waals surface area contributed by atoms with E-state index >= 15 is 0 Å². The Bertz CT molecular complexity index is 347. The second-order valence-corrected chi connectivity index (χ2v) is 2.95. The van der Waals surface area contributed by atoms with Crippen LogP contribution in [0.3, 0.4) is 0 Å². The Balaban J connectivity index is 3.22. The molecule has 0 amide bonds. The highest BCUT2D eigenvalue weighted by atomic mass is 19.1. The van der Waals surface area contributed by atoms with Crippen molar-refractivity contribution in [1.82, 2.24) is 0 Å². The monoisotopic (exact) mass is 195 g/mol. The van der Waals surface area contributed by atoms with Crippen LogP contribution in [0.5, 0.6) is 5.75 Å². The van der Waals surface area contributed by atoms with Gasteiger partial charge in [0.2, 0.25) is 0 Å². The number of aryl methyl sites for hydroxylation is 1. The molecule has 0 fully saturated rings. The average Bonchev–Trinajstić information content (AvgIpc) is 2.19. The van der Waals surface area contributed by atoms with Gasteiger partial charge in [0.25, 0.3) is 0 Å². The van der Waals surface area contributed by atoms with Crippen LogP contribution in [0.2, 0.25) is 0 Å². The fraction of sp³-hybridized carbons (Fsp3) is 0.273. The molecule has 0 spiro atoms. The van der Waals surface area contributed by atoms with Crippen LogP contribution in [0.4, 0.5) is 4.39 Å². The summed E-state index contributed by atoms with van der Waals surface area (Å²) < 4.78 is 18.3. The molecule has 0 saturated carbocycles. The van der Waals surface area contributed by atoms with E-state index < -0.39 is 0 Å². The molecule has 0 aromatic heterocycles. The molecule has 0 unspecified atom stereocenters. The molecule has 0 saturated heterocycles. The zero-order valence-electron chi connectivity index (χ0n) is 8.38. The van der Waals surface area contributed by atoms with Crippen molar-refractivity contribution in [3.63, 3.8) is 0 Å². The molecule has 2 nitrogen and oxygen atoms in total. The summed E-state index contributed by atoms with van der Waals surface area (Å²) in [5, 5.41) is 0. The minimum absolute atomic E-state index is 0.273. The zero-order valence-corrected chi connectivity index (χ0v) is 8.38. The Hall–Kier alpha value is -1.35. The fourth-order valence-electron chi connectivity index (χ4n) is 1.27. The molecule has 1 aromatic carbocycles. The highest BCUT2D eigenvalue weighted by molar-refractivity contribution is 5.61. The van der Waals surface area contributed by atoms with Crippen LogP contribution < -0.4 is 10.5 Å². The van der Waals surface area contributed by atoms with E-state index in [1.807, 2.05) is 6.92 Å². The molecular formula is C11H14FNO. The molecule has 1 rings (SSSR count). The van der Waals surface area contributed by atoms with Crippen molar-refractivity contribution in [3.05, 3.63) is 35.2 Å². The van der Waals surface area contributed by atoms with Gasteiger partial charge in [0.1, 0.15) is 0 Å². The number of nitrogens with two attached hydrogens (primary N) is 1. The molecular weight excluding hydrogens is 181 g/mol. The van der Waals surface area contributed by atoms with Crippen LogP contribution in [-0.4, -0.2) is 13.7 Å². The predicted molar refractivity (Wildman–Crippen MR) is 55.8 cm³/mol. The van der Waals surface area contributed by atoms with Crippen LogP contribution in [0.1, 0.15) is 11.1 Å². The number of ether oxygens (including phenoxy) is 1. The largest absolute Gasteiger partial charge is 0.493 e. The highest BCUT2D eigenvalue weighted by Crippen LogP contribution is 2.26. The van der Waals surface area contributed by atoms with Crippen LogP contribution >= 0.6 is 0 Å². The van der Waals surface area contributed by atoms with Gasteiger partial charge >= 0.3 is 0 Å². The number of benzene rings is 1. The maximum absolute atomic E-state index is 13.3. The molecule has 0 atom stereocenters. The summed E-state index contributed by atoms with van der Waals surface area (Å²) in [5.41, 5.74) is 7.05. The number of halogens is 1. The van der Waals surface area contributed by atoms with Crippen LogP contribution in [0.25, 0.3) is 6.08 Å². The molecule has 0 bridgehead atoms. The first kappa shape index (κ1) is 10.7. The standard InChI is InChI=1S/C11H14FNO/c1-8-5-6-10(12)11(14-2)9(8)4-3-7-13/h3-6H,7,13H2,1-2H3/b4-3+. The molecule has 0 aliphatic rings. The Kier molecular flexibility index (Phi) is 3.65. The van der Waals surface area contributed by atoms with Crippen LogP contribution in [0, 0.1) is 12.7 Å². The van der Waals surface area contributed by atoms with E-state index in [-0.39, 0.29) is 11.6 Å². The molecule has 0 heterocycles. The summed E-state index contributed by atoms with van der Waals surface area (Å²) in [6.45, 7) is 2.33. The molecule has 0 aliphatic heterocycles. The van der Waals surface area contributed by atoms with Gasteiger partial charge in [0, 0.05) is 12.1 Å². The number of hydrogen-bond donors (Lipinski definition) is 1. The van der Waals surface area contributed by atoms with Gasteiger partial charge in [0.05, 0.1) is 7.11 Å². The van der Waals surface area contributed by atoms with Crippen molar-refractivity contribution in [2.45, 2.75) is 6.92 Å². The van der Waals surface area contributed by atoms with Gasteiger partial charge in [-0.05, 0) is 18.6 Å². The lowest BCUT2D eigenvalue weighted by molar-refractivity contribution is 0.385. The third-order valence-electron chi connectivity index (χ3n) is 1.99. The number of hydrogen-bond acceptors (Lipinski definition) is 2. The highest BCUT2D eigenvalue weighted by Gasteiger charge is 2.08. The molecule has 76 valence electrons. The quantitative estimate of drug-likeness (QED) is 0.801. The predicted octanol–water partition coefficient (Wildman–Crippen LogP) is 2.11. The van der Waals surface area contributed by atoms with Crippen molar-refractivity contribution in [2.75, 3.05) is 13.7 Å². The lowest BCUT2D eigenvalue weighted by Gasteiger charge is -2.08. The van der Waals surface area contributed by atoms with Crippen molar-refractivity contribution in [1.29, 1.82) is 0 Å². The molecule has 0 radical (unpaired) electrons. The Morgan fingerprint density at radius 1 is 1.50 bits per heavy atom. The lowest BCUT2D eigenvalue weighted by Crippen LogP contribution is -1.96. The van der Waals surface area contributed by atoms with E-state index in [0.717, 1.165) is 11.1 Å². The summed E-state index contributed by atoms with van der Waals surface area (Å²) in [5.74, 6) is -0.0792. The third-order valence-corrected chi connectivity index (χ3v) is 1.99. The van der Waals surface area contributed by atoms with Gasteiger partial charge in [-0.2, -0.15) is 0 Å². The van der Waals surface area contributed by atoms with Crippen molar-refractivity contribution < 1.29 is 9.13 Å². The first-order valence-electron chi connectivity index (χ1n) is 4.40. The van der Waals surface area contributed by atoms with Gasteiger partial charge in [-0.25, -0.2) is 4.39 Å². The van der Waals surface area contributed by atoms with Crippen LogP contribution in [-0.2, 0) is 0 Å². The molecule has 14 heavy (non-hydrogen) atoms. The van der Waals surface area contributed by atoms with Crippen molar-refractivity contribution in [2.24, 2.45) is 5.73 Å². The Labute approximate surface area is 83.2 Å². The van der Waals surface area contributed by atoms with Crippen LogP contribution in [0.15, 0.2) is 18.2 Å². The van der Waals surface area contributed by atoms with E-state index in [1.165, 1.54) is 13.2 Å². The minimum Gasteiger partial charge on any atom is -0.493 e. The van der Waals surface area contributed by atoms with E-state index in [0.29, 0.717) is 6.54 Å². The number of methoxy groups -OCH3 is 1. The smallest absolute Gasteiger partial charge is 0.165 e. The maximum atomic E-state index is 13.3. The normalized spacial score (nSPS) is 10.9. The minimum atomic E-state index is -0.352. The maximum Gasteiger partial charge on any atom is 0.165 e. The number of rotatable bonds is 3. The average molecular weight is 195 g/mol. The van der Waals surface area contributed by atoms with Crippen molar-refractivity contribution >= 4 is 6.08 Å². The van der Waals surface area contributed by atoms with E-state index in [1.54, 1.807) is 18.2 Å². The van der Waals surface area contributed by atoms with Gasteiger partial charge in [-0.15, -0.1) is 0 Å². The van der Waals surface area contributed by atoms with E-state index in [2.05, 4.69) is 0 Å². The van der Waals surface area contributed by atoms with E-state index in [9.17, 15) is 4.39 Å². The summed E-state index contributed by atoms with van der Waals surface area (Å²) >= 11 is 0. The first-order chi connectivity index (χ1) is 6.70. The molecule has 0 aliphatic carbocycles. The van der Waals surface area contributed by atoms with Gasteiger partial charge in [0.15, 0.2) is 11.6 Å². The molecule has 3 heteroatoms. The summed E-state index contributed by atoms with van der Waals surface area (Å²) in [4.78, 5) is 0. The first-order valence-corrected chi connectivity index (χ1v) is 4.40. The van der Waals surface area contributed by atoms with Crippen molar-refractivity contribution in [3.8, 4) is 5.75 Å². The van der Waals surface area contributed by atoms with E-state index in [4.69, 9.17) is 10.5 Å². The van der Waals surface area contributed by atoms with Gasteiger partial charge < -0.3 is 10.5 Å². The zero-order chi connectivity index (χ0) is 10.6. The Morgan fingerprint density at radius 3 is 2.79 bits per heavy atom. The van der Waals surface area contributed by atoms with Gasteiger partial charge in [-0.1, -0.05) is 18.2 Å². The Morgan fingerprint density at radius 2 is 2.21 bits per heavy atom. The molecule has 2 N–H and O–H groups in total. The topological polar surface area (TPSA) is 35.2 Å². The van der Waals surface area contributed by atoms with Gasteiger partial charge in [-0.3, -0.25) is 0 Å². The second-order valence-electron chi connectivity index (χ2n) is 2.95. The molecule has 1 aromatic rings. The summed E-state index contributed by atoms with van der Waals surface area (Å²) in [6, 6.07) is 3.11. The summed E-state index contributed by atoms with van der Waals surface area (Å²) in [7, 11) is 1.46. The third kappa shape index (κ3) is 2.12. The summed E-state index contributed by atoms with van der Waals surface area (Å²) in [6.07, 6.45) is 3.54. The lowest BCUT2D eigenvalue weighted by atomic mass is 10.1. The SMILES string of the molecule is COc1c(F)ccc(C)c1/C=C/CN.